The largest absolute Gasteiger partial charge is 0.384 e. The molecule has 4 aromatic rings. The van der Waals surface area contributed by atoms with Crippen molar-refractivity contribution in [3.8, 4) is 22.6 Å². The first-order chi connectivity index (χ1) is 12.1. The molecule has 0 aliphatic heterocycles. The van der Waals surface area contributed by atoms with Crippen molar-refractivity contribution in [1.29, 1.82) is 5.41 Å². The summed E-state index contributed by atoms with van der Waals surface area (Å²) in [4.78, 5) is 8.54. The van der Waals surface area contributed by atoms with E-state index in [1.165, 1.54) is 12.1 Å². The van der Waals surface area contributed by atoms with Gasteiger partial charge in [0.15, 0.2) is 11.5 Å². The van der Waals surface area contributed by atoms with Gasteiger partial charge in [-0.3, -0.25) is 10.4 Å². The first-order valence-electron chi connectivity index (χ1n) is 7.54. The van der Waals surface area contributed by atoms with E-state index < -0.39 is 0 Å². The number of hydrogen-bond acceptors (Lipinski definition) is 4. The van der Waals surface area contributed by atoms with Crippen LogP contribution < -0.4 is 5.73 Å². The molecule has 0 atom stereocenters. The lowest BCUT2D eigenvalue weighted by molar-refractivity contribution is 0.628. The SMILES string of the molecule is N=C(N)c1ccc(-c2ccncc2)n2nc(-c3ccc(F)cc3)nc12. The van der Waals surface area contributed by atoms with Crippen molar-refractivity contribution < 1.29 is 4.39 Å². The van der Waals surface area contributed by atoms with Crippen LogP contribution in [0.25, 0.3) is 28.3 Å². The summed E-state index contributed by atoms with van der Waals surface area (Å²) in [6.45, 7) is 0. The molecule has 0 radical (unpaired) electrons. The van der Waals surface area contributed by atoms with E-state index in [-0.39, 0.29) is 11.7 Å². The highest BCUT2D eigenvalue weighted by Gasteiger charge is 2.15. The summed E-state index contributed by atoms with van der Waals surface area (Å²) in [6, 6.07) is 13.3. The Morgan fingerprint density at radius 2 is 1.68 bits per heavy atom. The van der Waals surface area contributed by atoms with E-state index in [1.807, 2.05) is 18.2 Å². The summed E-state index contributed by atoms with van der Waals surface area (Å²) >= 11 is 0. The molecule has 25 heavy (non-hydrogen) atoms. The minimum absolute atomic E-state index is 0.0932. The zero-order valence-electron chi connectivity index (χ0n) is 13.0. The molecule has 3 N–H and O–H groups in total. The Bertz CT molecular complexity index is 1070. The lowest BCUT2D eigenvalue weighted by atomic mass is 10.1. The molecule has 0 unspecified atom stereocenters. The van der Waals surface area contributed by atoms with Gasteiger partial charge < -0.3 is 5.73 Å². The molecule has 7 heteroatoms. The molecular formula is C18H13FN6. The fourth-order valence-electron chi connectivity index (χ4n) is 2.63. The zero-order valence-corrected chi connectivity index (χ0v) is 13.0. The summed E-state index contributed by atoms with van der Waals surface area (Å²) in [6.07, 6.45) is 3.38. The molecule has 0 fully saturated rings. The molecule has 0 saturated carbocycles. The monoisotopic (exact) mass is 332 g/mol. The molecule has 3 heterocycles. The summed E-state index contributed by atoms with van der Waals surface area (Å²) in [5.74, 6) is 0.0164. The second-order valence-electron chi connectivity index (χ2n) is 5.46. The highest BCUT2D eigenvalue weighted by atomic mass is 19.1. The molecule has 122 valence electrons. The van der Waals surface area contributed by atoms with Crippen LogP contribution in [-0.4, -0.2) is 25.4 Å². The summed E-state index contributed by atoms with van der Waals surface area (Å²) in [7, 11) is 0. The Morgan fingerprint density at radius 3 is 2.36 bits per heavy atom. The van der Waals surface area contributed by atoms with Gasteiger partial charge in [0.25, 0.3) is 0 Å². The third-order valence-electron chi connectivity index (χ3n) is 3.85. The first-order valence-corrected chi connectivity index (χ1v) is 7.54. The van der Waals surface area contributed by atoms with E-state index in [0.29, 0.717) is 22.6 Å². The molecule has 1 aromatic carbocycles. The van der Waals surface area contributed by atoms with Crippen LogP contribution in [0.3, 0.4) is 0 Å². The number of amidine groups is 1. The molecular weight excluding hydrogens is 319 g/mol. The van der Waals surface area contributed by atoms with Crippen LogP contribution >= 0.6 is 0 Å². The number of nitrogens with zero attached hydrogens (tertiary/aromatic N) is 4. The van der Waals surface area contributed by atoms with Gasteiger partial charge in [-0.2, -0.15) is 0 Å². The number of aromatic nitrogens is 4. The van der Waals surface area contributed by atoms with Crippen molar-refractivity contribution in [2.75, 3.05) is 0 Å². The van der Waals surface area contributed by atoms with Crippen molar-refractivity contribution in [2.45, 2.75) is 0 Å². The number of hydrogen-bond donors (Lipinski definition) is 2. The quantitative estimate of drug-likeness (QED) is 0.446. The minimum Gasteiger partial charge on any atom is -0.384 e. The van der Waals surface area contributed by atoms with Gasteiger partial charge in [0.05, 0.1) is 11.3 Å². The van der Waals surface area contributed by atoms with Gasteiger partial charge in [0.2, 0.25) is 0 Å². The van der Waals surface area contributed by atoms with E-state index in [0.717, 1.165) is 11.3 Å². The maximum Gasteiger partial charge on any atom is 0.182 e. The predicted molar refractivity (Wildman–Crippen MR) is 92.6 cm³/mol. The van der Waals surface area contributed by atoms with Gasteiger partial charge in [-0.15, -0.1) is 5.10 Å². The van der Waals surface area contributed by atoms with E-state index in [2.05, 4.69) is 15.1 Å². The van der Waals surface area contributed by atoms with Gasteiger partial charge in [-0.05, 0) is 48.5 Å². The molecule has 4 rings (SSSR count). The molecule has 0 spiro atoms. The third kappa shape index (κ3) is 2.61. The highest BCUT2D eigenvalue weighted by molar-refractivity contribution is 6.01. The first kappa shape index (κ1) is 14.9. The topological polar surface area (TPSA) is 93.0 Å². The standard InChI is InChI=1S/C18H13FN6/c19-13-3-1-12(2-4-13)17-23-18-14(16(20)21)5-6-15(25(18)24-17)11-7-9-22-10-8-11/h1-10H,(H3,20,21). The average molecular weight is 332 g/mol. The summed E-state index contributed by atoms with van der Waals surface area (Å²) in [5.41, 5.74) is 9.02. The Hall–Kier alpha value is -3.61. The molecule has 3 aromatic heterocycles. The lowest BCUT2D eigenvalue weighted by Gasteiger charge is -2.06. The maximum absolute atomic E-state index is 13.2. The van der Waals surface area contributed by atoms with Crippen molar-refractivity contribution in [3.05, 3.63) is 72.3 Å². The van der Waals surface area contributed by atoms with E-state index in [9.17, 15) is 4.39 Å². The molecule has 0 bridgehead atoms. The Morgan fingerprint density at radius 1 is 0.960 bits per heavy atom. The van der Waals surface area contributed by atoms with E-state index in [4.69, 9.17) is 11.1 Å². The minimum atomic E-state index is -0.325. The van der Waals surface area contributed by atoms with Crippen LogP contribution in [0, 0.1) is 11.2 Å². The van der Waals surface area contributed by atoms with Crippen LogP contribution in [0.5, 0.6) is 0 Å². The van der Waals surface area contributed by atoms with Crippen molar-refractivity contribution in [3.63, 3.8) is 0 Å². The number of fused-ring (bicyclic) bond motifs is 1. The fourth-order valence-corrected chi connectivity index (χ4v) is 2.63. The fraction of sp³-hybridized carbons (Fsp3) is 0. The van der Waals surface area contributed by atoms with Crippen LogP contribution in [0.1, 0.15) is 5.56 Å². The molecule has 0 saturated heterocycles. The van der Waals surface area contributed by atoms with E-state index >= 15 is 0 Å². The average Bonchev–Trinajstić information content (AvgIpc) is 3.07. The van der Waals surface area contributed by atoms with Crippen molar-refractivity contribution in [2.24, 2.45) is 5.73 Å². The summed E-state index contributed by atoms with van der Waals surface area (Å²) in [5, 5.41) is 12.3. The van der Waals surface area contributed by atoms with Gasteiger partial charge in [-0.1, -0.05) is 0 Å². The van der Waals surface area contributed by atoms with Gasteiger partial charge in [0.1, 0.15) is 11.7 Å². The third-order valence-corrected chi connectivity index (χ3v) is 3.85. The predicted octanol–water partition coefficient (Wildman–Crippen LogP) is 2.88. The Kier molecular flexibility index (Phi) is 3.46. The van der Waals surface area contributed by atoms with Crippen LogP contribution in [-0.2, 0) is 0 Å². The number of nitrogens with two attached hydrogens (primary N) is 1. The van der Waals surface area contributed by atoms with Gasteiger partial charge in [-0.25, -0.2) is 13.9 Å². The van der Waals surface area contributed by atoms with Crippen molar-refractivity contribution >= 4 is 11.5 Å². The molecule has 0 amide bonds. The number of nitrogens with one attached hydrogen (secondary N) is 1. The maximum atomic E-state index is 13.2. The molecule has 6 nitrogen and oxygen atoms in total. The molecule has 0 aliphatic rings. The molecule has 0 aliphatic carbocycles. The van der Waals surface area contributed by atoms with Crippen LogP contribution in [0.2, 0.25) is 0 Å². The summed E-state index contributed by atoms with van der Waals surface area (Å²) < 4.78 is 14.8. The highest BCUT2D eigenvalue weighted by Crippen LogP contribution is 2.24. The second-order valence-corrected chi connectivity index (χ2v) is 5.46. The number of pyridine rings is 2. The van der Waals surface area contributed by atoms with Crippen LogP contribution in [0.15, 0.2) is 60.9 Å². The number of rotatable bonds is 3. The normalized spacial score (nSPS) is 10.9. The van der Waals surface area contributed by atoms with E-state index in [1.54, 1.807) is 35.1 Å². The number of nitrogen functional groups attached to an aromatic ring is 1. The Balaban J connectivity index is 1.98. The second kappa shape index (κ2) is 5.79. The van der Waals surface area contributed by atoms with Crippen LogP contribution in [0.4, 0.5) is 4.39 Å². The smallest absolute Gasteiger partial charge is 0.182 e. The number of halogens is 1. The van der Waals surface area contributed by atoms with Gasteiger partial charge >= 0.3 is 0 Å². The number of benzene rings is 1. The Labute approximate surface area is 142 Å². The lowest BCUT2D eigenvalue weighted by Crippen LogP contribution is -2.13. The van der Waals surface area contributed by atoms with Crippen molar-refractivity contribution in [1.82, 2.24) is 19.6 Å². The zero-order chi connectivity index (χ0) is 17.4. The van der Waals surface area contributed by atoms with Gasteiger partial charge in [0, 0.05) is 23.5 Å².